The number of fused-ring (bicyclic) bond motifs is 1. The van der Waals surface area contributed by atoms with Crippen molar-refractivity contribution in [1.29, 1.82) is 0 Å². The van der Waals surface area contributed by atoms with Gasteiger partial charge in [-0.05, 0) is 37.6 Å². The van der Waals surface area contributed by atoms with Crippen molar-refractivity contribution in [3.63, 3.8) is 0 Å². The van der Waals surface area contributed by atoms with Gasteiger partial charge in [-0.15, -0.1) is 10.2 Å². The van der Waals surface area contributed by atoms with Crippen molar-refractivity contribution < 1.29 is 23.9 Å². The lowest BCUT2D eigenvalue weighted by atomic mass is 9.81. The van der Waals surface area contributed by atoms with Crippen molar-refractivity contribution >= 4 is 29.4 Å². The highest BCUT2D eigenvalue weighted by molar-refractivity contribution is 6.33. The summed E-state index contributed by atoms with van der Waals surface area (Å²) in [5, 5.41) is 16.9. The SMILES string of the molecule is CC(C)(C)OC(=O)Cn1nnc(C2CC(N3CCC4(CC3)Cc3cccc(Cl)c3C(=O)O4)=NO2)n1. The number of rotatable bonds is 3. The van der Waals surface area contributed by atoms with Crippen LogP contribution in [0.1, 0.15) is 67.9 Å². The van der Waals surface area contributed by atoms with Crippen LogP contribution >= 0.6 is 11.6 Å². The number of carbonyl (C=O) groups is 2. The minimum absolute atomic E-state index is 0.133. The van der Waals surface area contributed by atoms with Gasteiger partial charge in [0, 0.05) is 32.4 Å². The lowest BCUT2D eigenvalue weighted by Gasteiger charge is -2.44. The maximum atomic E-state index is 12.6. The van der Waals surface area contributed by atoms with Crippen LogP contribution in [0.3, 0.4) is 0 Å². The number of esters is 2. The molecule has 0 amide bonds. The zero-order chi connectivity index (χ0) is 24.8. The van der Waals surface area contributed by atoms with Crippen molar-refractivity contribution in [2.45, 2.75) is 70.3 Å². The predicted octanol–water partition coefficient (Wildman–Crippen LogP) is 2.69. The van der Waals surface area contributed by atoms with Crippen LogP contribution in [0.25, 0.3) is 0 Å². The molecule has 0 N–H and O–H groups in total. The lowest BCUT2D eigenvalue weighted by molar-refractivity contribution is -0.156. The van der Waals surface area contributed by atoms with E-state index in [1.807, 2.05) is 12.1 Å². The van der Waals surface area contributed by atoms with Gasteiger partial charge in [0.2, 0.25) is 5.82 Å². The summed E-state index contributed by atoms with van der Waals surface area (Å²) in [6, 6.07) is 5.52. The minimum Gasteiger partial charge on any atom is -0.459 e. The zero-order valence-electron chi connectivity index (χ0n) is 19.9. The van der Waals surface area contributed by atoms with E-state index in [1.54, 1.807) is 26.8 Å². The number of carbonyl (C=O) groups excluding carboxylic acids is 2. The fourth-order valence-electron chi connectivity index (χ4n) is 4.66. The number of ether oxygens (including phenoxy) is 2. The fourth-order valence-corrected chi connectivity index (χ4v) is 4.93. The van der Waals surface area contributed by atoms with Crippen LogP contribution in [0.15, 0.2) is 23.4 Å². The lowest BCUT2D eigenvalue weighted by Crippen LogP contribution is -2.51. The molecule has 3 aliphatic heterocycles. The van der Waals surface area contributed by atoms with Gasteiger partial charge in [-0.2, -0.15) is 4.80 Å². The highest BCUT2D eigenvalue weighted by Crippen LogP contribution is 2.39. The molecule has 4 heterocycles. The van der Waals surface area contributed by atoms with E-state index in [2.05, 4.69) is 25.5 Å². The Balaban J connectivity index is 1.16. The molecule has 186 valence electrons. The van der Waals surface area contributed by atoms with Gasteiger partial charge in [0.05, 0.1) is 17.0 Å². The van der Waals surface area contributed by atoms with Crippen molar-refractivity contribution in [2.24, 2.45) is 5.16 Å². The Bertz CT molecular complexity index is 1180. The Morgan fingerprint density at radius 3 is 2.80 bits per heavy atom. The minimum atomic E-state index is -0.586. The van der Waals surface area contributed by atoms with Crippen LogP contribution in [0.2, 0.25) is 5.02 Å². The van der Waals surface area contributed by atoms with E-state index in [1.165, 1.54) is 4.80 Å². The van der Waals surface area contributed by atoms with Gasteiger partial charge in [0.15, 0.2) is 12.6 Å². The summed E-state index contributed by atoms with van der Waals surface area (Å²) >= 11 is 6.21. The molecule has 0 radical (unpaired) electrons. The van der Waals surface area contributed by atoms with E-state index >= 15 is 0 Å². The summed E-state index contributed by atoms with van der Waals surface area (Å²) in [7, 11) is 0. The number of nitrogens with zero attached hydrogens (tertiary/aromatic N) is 6. The van der Waals surface area contributed by atoms with Gasteiger partial charge >= 0.3 is 11.9 Å². The number of halogens is 1. The Morgan fingerprint density at radius 2 is 2.06 bits per heavy atom. The Morgan fingerprint density at radius 1 is 1.29 bits per heavy atom. The van der Waals surface area contributed by atoms with Crippen LogP contribution in [-0.2, 0) is 32.1 Å². The first-order valence-corrected chi connectivity index (χ1v) is 12.0. The summed E-state index contributed by atoms with van der Waals surface area (Å²) in [5.41, 5.74) is 0.295. The molecule has 3 aliphatic rings. The first-order valence-electron chi connectivity index (χ1n) is 11.6. The average molecular weight is 503 g/mol. The molecule has 1 atom stereocenters. The van der Waals surface area contributed by atoms with E-state index < -0.39 is 23.3 Å². The van der Waals surface area contributed by atoms with E-state index in [0.717, 1.165) is 11.4 Å². The number of oxime groups is 1. The van der Waals surface area contributed by atoms with Crippen LogP contribution < -0.4 is 0 Å². The van der Waals surface area contributed by atoms with E-state index in [0.29, 0.717) is 55.2 Å². The van der Waals surface area contributed by atoms with Gasteiger partial charge in [-0.3, -0.25) is 0 Å². The molecule has 1 spiro atoms. The Labute approximate surface area is 207 Å². The first kappa shape index (κ1) is 23.5. The molecule has 11 nitrogen and oxygen atoms in total. The highest BCUT2D eigenvalue weighted by atomic mass is 35.5. The monoisotopic (exact) mass is 502 g/mol. The zero-order valence-corrected chi connectivity index (χ0v) is 20.6. The summed E-state index contributed by atoms with van der Waals surface area (Å²) in [6.07, 6.45) is 2.02. The number of hydrogen-bond donors (Lipinski definition) is 0. The molecule has 1 aromatic heterocycles. The molecule has 1 aromatic carbocycles. The number of piperidine rings is 1. The van der Waals surface area contributed by atoms with Crippen molar-refractivity contribution in [3.8, 4) is 0 Å². The Kier molecular flexibility index (Phi) is 5.90. The number of benzene rings is 1. The molecule has 0 saturated carbocycles. The molecular formula is C23H27ClN6O5. The molecule has 12 heteroatoms. The van der Waals surface area contributed by atoms with E-state index in [4.69, 9.17) is 25.9 Å². The van der Waals surface area contributed by atoms with E-state index in [-0.39, 0.29) is 12.5 Å². The largest absolute Gasteiger partial charge is 0.459 e. The molecular weight excluding hydrogens is 476 g/mol. The second kappa shape index (κ2) is 8.78. The van der Waals surface area contributed by atoms with Crippen LogP contribution in [0.5, 0.6) is 0 Å². The number of likely N-dealkylation sites (tertiary alicyclic amines) is 1. The normalized spacial score (nSPS) is 21.3. The summed E-state index contributed by atoms with van der Waals surface area (Å²) in [4.78, 5) is 33.5. The van der Waals surface area contributed by atoms with Gasteiger partial charge in [0.25, 0.3) is 0 Å². The number of tetrazole rings is 1. The maximum Gasteiger partial charge on any atom is 0.340 e. The fraction of sp³-hybridized carbons (Fsp3) is 0.565. The second-order valence-corrected chi connectivity index (χ2v) is 10.5. The van der Waals surface area contributed by atoms with Gasteiger partial charge < -0.3 is 19.2 Å². The molecule has 0 aliphatic carbocycles. The number of hydrogen-bond acceptors (Lipinski definition) is 10. The maximum absolute atomic E-state index is 12.6. The van der Waals surface area contributed by atoms with Gasteiger partial charge in [-0.25, -0.2) is 9.59 Å². The first-order chi connectivity index (χ1) is 16.6. The predicted molar refractivity (Wildman–Crippen MR) is 124 cm³/mol. The molecule has 2 aromatic rings. The smallest absolute Gasteiger partial charge is 0.340 e. The Hall–Kier alpha value is -3.21. The molecule has 35 heavy (non-hydrogen) atoms. The van der Waals surface area contributed by atoms with Crippen molar-refractivity contribution in [3.05, 3.63) is 40.2 Å². The molecule has 1 unspecified atom stereocenters. The highest BCUT2D eigenvalue weighted by Gasteiger charge is 2.44. The summed E-state index contributed by atoms with van der Waals surface area (Å²) in [5.74, 6) is 0.350. The number of amidine groups is 1. The quantitative estimate of drug-likeness (QED) is 0.583. The third-order valence-electron chi connectivity index (χ3n) is 6.27. The third kappa shape index (κ3) is 4.95. The third-order valence-corrected chi connectivity index (χ3v) is 6.58. The molecule has 5 rings (SSSR count). The van der Waals surface area contributed by atoms with Crippen molar-refractivity contribution in [2.75, 3.05) is 13.1 Å². The van der Waals surface area contributed by atoms with E-state index in [9.17, 15) is 9.59 Å². The van der Waals surface area contributed by atoms with Crippen molar-refractivity contribution in [1.82, 2.24) is 25.1 Å². The molecule has 1 fully saturated rings. The molecule has 1 saturated heterocycles. The van der Waals surface area contributed by atoms with Gasteiger partial charge in [-0.1, -0.05) is 28.9 Å². The molecule has 0 bridgehead atoms. The van der Waals surface area contributed by atoms with Crippen LogP contribution in [-0.4, -0.2) is 67.2 Å². The average Bonchev–Trinajstić information content (AvgIpc) is 3.42. The topological polar surface area (TPSA) is 121 Å². The summed E-state index contributed by atoms with van der Waals surface area (Å²) in [6.45, 7) is 6.61. The summed E-state index contributed by atoms with van der Waals surface area (Å²) < 4.78 is 11.2. The van der Waals surface area contributed by atoms with Gasteiger partial charge in [0.1, 0.15) is 17.0 Å². The number of aromatic nitrogens is 4. The van der Waals surface area contributed by atoms with Crippen LogP contribution in [0, 0.1) is 0 Å². The second-order valence-electron chi connectivity index (χ2n) is 10.1. The van der Waals surface area contributed by atoms with Crippen LogP contribution in [0.4, 0.5) is 0 Å². The standard InChI is InChI=1S/C23H27ClN6O5/c1-22(2,3)33-18(31)13-30-26-20(25-28-30)16-11-17(27-35-16)29-9-7-23(8-10-29)12-14-5-4-6-15(24)19(14)21(32)34-23/h4-6,16H,7-13H2,1-3H3.